The molecular weight excluding hydrogens is 578 g/mol. The SMILES string of the molecule is C=C(C)[C@@H]1C[C@@H](C(=O)C[C@@H]2C[C@H](C(=O)N3CCOCC3)C2(C)C)C2CC[C@]3(C)[C@H](CC[C@@H]4[C@@]5(C)CC[C@H](C)C(C)(C)[C@@H]5CC[C@]43C)[C@H]21. The fourth-order valence-electron chi connectivity index (χ4n) is 14.9. The number of nitrogens with zero attached hydrogens (tertiary/aromatic N) is 1. The number of allylic oxidation sites excluding steroid dienone is 1. The summed E-state index contributed by atoms with van der Waals surface area (Å²) in [6.07, 6.45) is 13.4. The highest BCUT2D eigenvalue weighted by Gasteiger charge is 2.69. The van der Waals surface area contributed by atoms with Crippen LogP contribution >= 0.6 is 0 Å². The predicted molar refractivity (Wildman–Crippen MR) is 190 cm³/mol. The molecule has 264 valence electrons. The van der Waals surface area contributed by atoms with E-state index in [1.165, 1.54) is 56.9 Å². The Morgan fingerprint density at radius 3 is 2.13 bits per heavy atom. The van der Waals surface area contributed by atoms with Crippen LogP contribution in [0.15, 0.2) is 12.2 Å². The summed E-state index contributed by atoms with van der Waals surface area (Å²) < 4.78 is 5.50. The van der Waals surface area contributed by atoms with Gasteiger partial charge >= 0.3 is 0 Å². The molecule has 1 heterocycles. The lowest BCUT2D eigenvalue weighted by atomic mass is 9.32. The molecule has 6 saturated carbocycles. The van der Waals surface area contributed by atoms with E-state index in [1.807, 2.05) is 4.90 Å². The fourth-order valence-corrected chi connectivity index (χ4v) is 14.9. The van der Waals surface area contributed by atoms with E-state index >= 15 is 0 Å². The van der Waals surface area contributed by atoms with Gasteiger partial charge in [0.2, 0.25) is 5.91 Å². The highest BCUT2D eigenvalue weighted by Crippen LogP contribution is 2.76. The molecule has 0 aromatic carbocycles. The third kappa shape index (κ3) is 4.81. The van der Waals surface area contributed by atoms with Gasteiger partial charge in [-0.15, -0.1) is 0 Å². The Morgan fingerprint density at radius 2 is 1.47 bits per heavy atom. The molecule has 0 bridgehead atoms. The number of amides is 1. The molecule has 0 radical (unpaired) electrons. The van der Waals surface area contributed by atoms with E-state index in [0.29, 0.717) is 89.8 Å². The normalized spacial score (nSPS) is 49.9. The fraction of sp³-hybridized carbons (Fsp3) is 0.907. The van der Waals surface area contributed by atoms with Gasteiger partial charge in [0.1, 0.15) is 5.78 Å². The summed E-state index contributed by atoms with van der Waals surface area (Å²) in [6.45, 7) is 30.0. The smallest absolute Gasteiger partial charge is 0.226 e. The molecule has 4 nitrogen and oxygen atoms in total. The van der Waals surface area contributed by atoms with Gasteiger partial charge < -0.3 is 9.64 Å². The lowest BCUT2D eigenvalue weighted by Gasteiger charge is -2.72. The van der Waals surface area contributed by atoms with E-state index in [1.54, 1.807) is 0 Å². The van der Waals surface area contributed by atoms with Crippen molar-refractivity contribution >= 4 is 11.7 Å². The van der Waals surface area contributed by atoms with E-state index in [2.05, 4.69) is 68.9 Å². The maximum absolute atomic E-state index is 14.4. The lowest BCUT2D eigenvalue weighted by Crippen LogP contribution is -2.65. The monoisotopic (exact) mass is 648 g/mol. The van der Waals surface area contributed by atoms with Crippen LogP contribution in [0.1, 0.15) is 133 Å². The Hall–Kier alpha value is -1.16. The number of hydrogen-bond donors (Lipinski definition) is 0. The van der Waals surface area contributed by atoms with Crippen LogP contribution in [-0.4, -0.2) is 42.9 Å². The van der Waals surface area contributed by atoms with Crippen molar-refractivity contribution in [2.75, 3.05) is 26.3 Å². The first-order valence-corrected chi connectivity index (χ1v) is 20.0. The largest absolute Gasteiger partial charge is 0.378 e. The van der Waals surface area contributed by atoms with Gasteiger partial charge in [-0.05, 0) is 146 Å². The molecule has 1 saturated heterocycles. The predicted octanol–water partition coefficient (Wildman–Crippen LogP) is 9.62. The number of carbonyl (C=O) groups excluding carboxylic acids is 2. The molecule has 0 spiro atoms. The van der Waals surface area contributed by atoms with E-state index in [4.69, 9.17) is 4.74 Å². The molecule has 1 amide bonds. The number of rotatable bonds is 5. The molecule has 1 unspecified atom stereocenters. The second kappa shape index (κ2) is 11.4. The van der Waals surface area contributed by atoms with E-state index in [-0.39, 0.29) is 23.2 Å². The second-order valence-electron chi connectivity index (χ2n) is 20.4. The van der Waals surface area contributed by atoms with Gasteiger partial charge in [-0.3, -0.25) is 9.59 Å². The number of fused-ring (bicyclic) bond motifs is 7. The van der Waals surface area contributed by atoms with Gasteiger partial charge in [0, 0.05) is 31.3 Å². The van der Waals surface area contributed by atoms with Crippen LogP contribution in [0.2, 0.25) is 0 Å². The average Bonchev–Trinajstić information content (AvgIpc) is 3.42. The Bertz CT molecular complexity index is 1280. The van der Waals surface area contributed by atoms with Crippen LogP contribution < -0.4 is 0 Å². The van der Waals surface area contributed by atoms with E-state index in [9.17, 15) is 9.59 Å². The first-order chi connectivity index (χ1) is 22.0. The number of ether oxygens (including phenoxy) is 1. The van der Waals surface area contributed by atoms with Crippen LogP contribution in [0.5, 0.6) is 0 Å². The Kier molecular flexibility index (Phi) is 8.34. The minimum Gasteiger partial charge on any atom is -0.378 e. The van der Waals surface area contributed by atoms with Gasteiger partial charge in [-0.1, -0.05) is 67.5 Å². The highest BCUT2D eigenvalue weighted by atomic mass is 16.5. The van der Waals surface area contributed by atoms with E-state index in [0.717, 1.165) is 30.6 Å². The van der Waals surface area contributed by atoms with Crippen LogP contribution in [0.3, 0.4) is 0 Å². The minimum atomic E-state index is -0.116. The van der Waals surface area contributed by atoms with Crippen molar-refractivity contribution in [3.63, 3.8) is 0 Å². The number of carbonyl (C=O) groups is 2. The summed E-state index contributed by atoms with van der Waals surface area (Å²) in [5.41, 5.74) is 2.81. The van der Waals surface area contributed by atoms with Crippen molar-refractivity contribution in [2.45, 2.75) is 133 Å². The second-order valence-corrected chi connectivity index (χ2v) is 20.4. The quantitative estimate of drug-likeness (QED) is 0.279. The number of ketones is 1. The molecule has 47 heavy (non-hydrogen) atoms. The highest BCUT2D eigenvalue weighted by molar-refractivity contribution is 5.84. The standard InChI is InChI=1S/C43H69NO3/c1-26(2)30-25-31(34(45)24-28-23-33(40(28,6)7)38(46)44-19-21-47-22-20-44)29-14-17-42(9)32(37(29)30)11-12-36-41(8)16-13-27(3)39(4,5)35(41)15-18-43(36,42)10/h27-33,35-37H,1,11-25H2,2-10H3/t27-,28-,29?,30-,31+,32+,33+,35-,36+,37+,41-,42+,43+/m0/s1. The third-order valence-electron chi connectivity index (χ3n) is 18.5. The zero-order chi connectivity index (χ0) is 33.9. The van der Waals surface area contributed by atoms with Crippen molar-refractivity contribution in [1.82, 2.24) is 4.90 Å². The van der Waals surface area contributed by atoms with Gasteiger partial charge in [-0.2, -0.15) is 0 Å². The maximum Gasteiger partial charge on any atom is 0.226 e. The molecular formula is C43H69NO3. The molecule has 7 rings (SSSR count). The summed E-state index contributed by atoms with van der Waals surface area (Å²) >= 11 is 0. The Morgan fingerprint density at radius 1 is 0.787 bits per heavy atom. The van der Waals surface area contributed by atoms with Crippen molar-refractivity contribution in [3.8, 4) is 0 Å². The van der Waals surface area contributed by atoms with Crippen molar-refractivity contribution < 1.29 is 14.3 Å². The summed E-state index contributed by atoms with van der Waals surface area (Å²) in [5, 5.41) is 0. The molecule has 13 atom stereocenters. The first-order valence-electron chi connectivity index (χ1n) is 20.0. The van der Waals surface area contributed by atoms with Crippen molar-refractivity contribution in [3.05, 3.63) is 12.2 Å². The average molecular weight is 648 g/mol. The molecule has 0 aromatic rings. The summed E-state index contributed by atoms with van der Waals surface area (Å²) in [6, 6.07) is 0. The van der Waals surface area contributed by atoms with Crippen LogP contribution in [0.25, 0.3) is 0 Å². The zero-order valence-electron chi connectivity index (χ0n) is 31.8. The van der Waals surface area contributed by atoms with Gasteiger partial charge in [-0.25, -0.2) is 0 Å². The van der Waals surface area contributed by atoms with Crippen molar-refractivity contribution in [2.24, 2.45) is 86.3 Å². The Balaban J connectivity index is 1.09. The van der Waals surface area contributed by atoms with E-state index < -0.39 is 0 Å². The lowest BCUT2D eigenvalue weighted by molar-refractivity contribution is -0.235. The van der Waals surface area contributed by atoms with Crippen LogP contribution in [-0.2, 0) is 14.3 Å². The molecule has 4 heteroatoms. The minimum absolute atomic E-state index is 0.0408. The topological polar surface area (TPSA) is 46.6 Å². The van der Waals surface area contributed by atoms with Gasteiger partial charge in [0.05, 0.1) is 13.2 Å². The first kappa shape index (κ1) is 34.3. The number of morpholine rings is 1. The van der Waals surface area contributed by atoms with Gasteiger partial charge in [0.15, 0.2) is 0 Å². The number of Topliss-reactive ketones (excluding diaryl/α,β-unsaturated/α-hetero) is 1. The maximum atomic E-state index is 14.4. The van der Waals surface area contributed by atoms with Crippen LogP contribution in [0, 0.1) is 86.3 Å². The number of hydrogen-bond acceptors (Lipinski definition) is 3. The van der Waals surface area contributed by atoms with Crippen LogP contribution in [0.4, 0.5) is 0 Å². The zero-order valence-corrected chi connectivity index (χ0v) is 31.8. The summed E-state index contributed by atoms with van der Waals surface area (Å²) in [7, 11) is 0. The molecule has 0 N–H and O–H groups in total. The Labute approximate surface area is 288 Å². The van der Waals surface area contributed by atoms with Gasteiger partial charge in [0.25, 0.3) is 0 Å². The summed E-state index contributed by atoms with van der Waals surface area (Å²) in [5.74, 6) is 6.09. The van der Waals surface area contributed by atoms with Crippen molar-refractivity contribution in [1.29, 1.82) is 0 Å². The third-order valence-corrected chi connectivity index (χ3v) is 18.5. The molecule has 1 aliphatic heterocycles. The molecule has 6 aliphatic carbocycles. The molecule has 7 fully saturated rings. The molecule has 0 aromatic heterocycles. The molecule has 7 aliphatic rings. The summed E-state index contributed by atoms with van der Waals surface area (Å²) in [4.78, 5) is 29.8.